The molecule has 0 fully saturated rings. The second-order valence-electron chi connectivity index (χ2n) is 6.87. The number of aliphatic carboxylic acids is 1. The Labute approximate surface area is 268 Å². The molecule has 0 bridgehead atoms. The molecular formula is C15H32Cl4Cr2F11NO9S+2. The number of nitrogens with zero attached hydrogens (tertiary/aromatic N) is 1. The first-order valence-corrected chi connectivity index (χ1v) is 17.8. The van der Waals surface area contributed by atoms with E-state index in [4.69, 9.17) is 55.5 Å². The molecule has 28 heteroatoms. The molecule has 0 aliphatic rings. The van der Waals surface area contributed by atoms with E-state index in [0.29, 0.717) is 6.92 Å². The maximum atomic E-state index is 13.5. The third-order valence-electron chi connectivity index (χ3n) is 2.84. The zero-order chi connectivity index (χ0) is 34.1. The van der Waals surface area contributed by atoms with E-state index in [9.17, 15) is 61.5 Å². The van der Waals surface area contributed by atoms with Gasteiger partial charge in [0, 0.05) is 18.8 Å². The Morgan fingerprint density at radius 2 is 0.977 bits per heavy atom. The van der Waals surface area contributed by atoms with Gasteiger partial charge in [-0.25, -0.2) is 8.42 Å². The summed E-state index contributed by atoms with van der Waals surface area (Å²) in [6, 6.07) is 0. The molecular weight excluding hydrogens is 825 g/mol. The predicted molar refractivity (Wildman–Crippen MR) is 131 cm³/mol. The molecule has 272 valence electrons. The van der Waals surface area contributed by atoms with Crippen molar-refractivity contribution < 1.29 is 120 Å². The van der Waals surface area contributed by atoms with Crippen LogP contribution in [-0.4, -0.2) is 94.0 Å². The number of rotatable bonds is 8. The first kappa shape index (κ1) is 62.5. The van der Waals surface area contributed by atoms with Crippen LogP contribution >= 0.6 is 40.2 Å². The van der Waals surface area contributed by atoms with Crippen molar-refractivity contribution in [2.75, 3.05) is 13.1 Å². The number of halogens is 15. The number of carboxylic acid groups (broad SMARTS) is 1. The van der Waals surface area contributed by atoms with Crippen LogP contribution in [0.3, 0.4) is 0 Å². The first-order valence-electron chi connectivity index (χ1n) is 9.36. The molecule has 0 atom stereocenters. The van der Waals surface area contributed by atoms with Gasteiger partial charge >= 0.3 is 102 Å². The molecule has 0 aromatic carbocycles. The molecule has 11 N–H and O–H groups in total. The summed E-state index contributed by atoms with van der Waals surface area (Å²) in [5.74, 6) is -25.7. The minimum Gasteiger partial charge on any atom is -0.457 e. The summed E-state index contributed by atoms with van der Waals surface area (Å²) in [7, 11) is 12.2. The van der Waals surface area contributed by atoms with Crippen LogP contribution in [0, 0.1) is 0 Å². The average molecular weight is 857 g/mol. The van der Waals surface area contributed by atoms with Crippen LogP contribution in [0.15, 0.2) is 0 Å². The quantitative estimate of drug-likeness (QED) is 0.245. The fraction of sp³-hybridized carbons (Fsp3) is 0.933. The topological polar surface area (TPSA) is 213 Å². The number of carboxylic acids is 1. The molecule has 0 aromatic rings. The van der Waals surface area contributed by atoms with Gasteiger partial charge < -0.3 is 31.7 Å². The van der Waals surface area contributed by atoms with Gasteiger partial charge in [0.05, 0.1) is 0 Å². The standard InChI is InChI=1S/C9H8F11NO4S.2C3H8O.4ClH.2Cr.3H2O/c1-2-21(3-4(22)23)26(24,25)9(19,20)7(14,15)5(10,11)6(12,13)8(16,17)18;2*1-3(2)4;;;;;;;;;/h2-3H2,1H3,(H,22,23);2*3-4H,1-2H3;4*1H;;;3*1H2/q;;;;;;;2*+2;;;/p-2. The summed E-state index contributed by atoms with van der Waals surface area (Å²) < 4.78 is 162. The van der Waals surface area contributed by atoms with E-state index in [1.165, 1.54) is 0 Å². The molecule has 0 radical (unpaired) electrons. The SMILES string of the molecule is CC(C)O.CC(C)O.CCN(CC(=O)O)S(=O)(=O)C(F)(F)C(F)(F)C(F)(F)C(F)(F)C(F)(F)F.O.[Cl][Cr][Cl].[Cl][Cr][Cl].[OH3+].[OH3+]. The van der Waals surface area contributed by atoms with E-state index < -0.39 is 62.6 Å². The maximum Gasteiger partial charge on any atom is -0.457 e. The van der Waals surface area contributed by atoms with E-state index in [1.54, 1.807) is 27.7 Å². The molecule has 0 aliphatic heterocycles. The van der Waals surface area contributed by atoms with Crippen LogP contribution in [-0.2, 0) is 52.5 Å². The summed E-state index contributed by atoms with van der Waals surface area (Å²) in [5.41, 5.74) is 0. The molecule has 0 saturated heterocycles. The van der Waals surface area contributed by atoms with Gasteiger partial charge in [-0.2, -0.15) is 52.6 Å². The summed E-state index contributed by atoms with van der Waals surface area (Å²) in [6.07, 6.45) is -7.77. The maximum absolute atomic E-state index is 13.5. The molecule has 10 nitrogen and oxygen atoms in total. The monoisotopic (exact) mass is 855 g/mol. The molecule has 0 aliphatic carbocycles. The van der Waals surface area contributed by atoms with Crippen LogP contribution in [0.25, 0.3) is 0 Å². The van der Waals surface area contributed by atoms with Crippen LogP contribution in [0.4, 0.5) is 48.3 Å². The van der Waals surface area contributed by atoms with Gasteiger partial charge in [0.25, 0.3) is 10.0 Å². The Kier molecular flexibility index (Phi) is 38.8. The molecule has 0 heterocycles. The minimum absolute atomic E-state index is 0. The number of hydrogen-bond acceptors (Lipinski definition) is 5. The van der Waals surface area contributed by atoms with Gasteiger partial charge in [0.2, 0.25) is 0 Å². The smallest absolute Gasteiger partial charge is 0.457 e. The van der Waals surface area contributed by atoms with Gasteiger partial charge in [-0.1, -0.05) is 6.92 Å². The number of likely N-dealkylation sites (N-methyl/N-ethyl adjacent to an activating group) is 1. The van der Waals surface area contributed by atoms with E-state index in [0.717, 1.165) is 0 Å². The second-order valence-corrected chi connectivity index (χ2v) is 13.1. The van der Waals surface area contributed by atoms with Crippen LogP contribution < -0.4 is 0 Å². The van der Waals surface area contributed by atoms with Crippen LogP contribution in [0.1, 0.15) is 34.6 Å². The Morgan fingerprint density at radius 3 is 1.14 bits per heavy atom. The van der Waals surface area contributed by atoms with Gasteiger partial charge in [-0.15, -0.1) is 0 Å². The molecule has 0 amide bonds. The van der Waals surface area contributed by atoms with E-state index in [-0.39, 0.29) is 55.4 Å². The Bertz CT molecular complexity index is 793. The fourth-order valence-electron chi connectivity index (χ4n) is 1.40. The van der Waals surface area contributed by atoms with Crippen molar-refractivity contribution in [3.8, 4) is 0 Å². The number of alkyl halides is 11. The molecule has 0 rings (SSSR count). The van der Waals surface area contributed by atoms with E-state index >= 15 is 0 Å². The van der Waals surface area contributed by atoms with Gasteiger partial charge in [0.1, 0.15) is 6.54 Å². The van der Waals surface area contributed by atoms with E-state index in [2.05, 4.69) is 0 Å². The van der Waals surface area contributed by atoms with E-state index in [1.807, 2.05) is 0 Å². The van der Waals surface area contributed by atoms with Gasteiger partial charge in [-0.05, 0) is 27.7 Å². The Morgan fingerprint density at radius 1 is 0.744 bits per heavy atom. The third kappa shape index (κ3) is 21.2. The van der Waals surface area contributed by atoms with Crippen molar-refractivity contribution in [1.29, 1.82) is 0 Å². The van der Waals surface area contributed by atoms with Crippen molar-refractivity contribution in [1.82, 2.24) is 4.31 Å². The summed E-state index contributed by atoms with van der Waals surface area (Å²) in [4.78, 5) is 10.3. The van der Waals surface area contributed by atoms with Crippen molar-refractivity contribution in [2.24, 2.45) is 0 Å². The number of aliphatic hydroxyl groups is 2. The summed E-state index contributed by atoms with van der Waals surface area (Å²) in [5, 5.41) is 17.2. The largest absolute Gasteiger partial charge is 0.457 e. The summed E-state index contributed by atoms with van der Waals surface area (Å²) >= 11 is -0.361. The third-order valence-corrected chi connectivity index (χ3v) is 4.81. The Hall–Kier alpha value is 0.635. The van der Waals surface area contributed by atoms with Crippen molar-refractivity contribution in [3.63, 3.8) is 0 Å². The number of carbonyl (C=O) groups is 1. The molecule has 0 saturated carbocycles. The zero-order valence-corrected chi connectivity index (χ0v) is 28.5. The normalized spacial score (nSPS) is 11.8. The van der Waals surface area contributed by atoms with Crippen molar-refractivity contribution in [2.45, 2.75) is 76.0 Å². The number of aliphatic hydroxyl groups excluding tert-OH is 2. The average Bonchev–Trinajstić information content (AvgIpc) is 2.70. The molecule has 0 aromatic heterocycles. The van der Waals surface area contributed by atoms with Crippen molar-refractivity contribution >= 4 is 56.2 Å². The van der Waals surface area contributed by atoms with Crippen molar-refractivity contribution in [3.05, 3.63) is 0 Å². The van der Waals surface area contributed by atoms with Gasteiger partial charge in [-0.3, -0.25) is 4.79 Å². The second kappa shape index (κ2) is 26.7. The zero-order valence-electron chi connectivity index (χ0n) is 22.1. The molecule has 0 unspecified atom stereocenters. The number of hydrogen-bond donors (Lipinski definition) is 3. The fourth-order valence-corrected chi connectivity index (χ4v) is 2.80. The van der Waals surface area contributed by atoms with Gasteiger partial charge in [0.15, 0.2) is 0 Å². The van der Waals surface area contributed by atoms with Crippen LogP contribution in [0.2, 0.25) is 0 Å². The predicted octanol–water partition coefficient (Wildman–Crippen LogP) is 3.64. The molecule has 43 heavy (non-hydrogen) atoms. The molecule has 0 spiro atoms. The number of sulfonamides is 1. The first-order chi connectivity index (χ1) is 17.4. The summed E-state index contributed by atoms with van der Waals surface area (Å²) in [6.45, 7) is 4.16. The minimum atomic E-state index is -7.91. The Balaban J connectivity index is -0.000000101. The van der Waals surface area contributed by atoms with Crippen LogP contribution in [0.5, 0.6) is 0 Å².